The van der Waals surface area contributed by atoms with E-state index in [0.29, 0.717) is 11.3 Å². The largest absolute Gasteiger partial charge is 0.496 e. The van der Waals surface area contributed by atoms with E-state index in [9.17, 15) is 4.79 Å². The number of rotatable bonds is 4. The molecule has 0 saturated carbocycles. The number of amides is 1. The van der Waals surface area contributed by atoms with Crippen LogP contribution in [0.5, 0.6) is 5.75 Å². The Hall–Kier alpha value is -2.21. The molecule has 0 radical (unpaired) electrons. The molecule has 0 spiro atoms. The van der Waals surface area contributed by atoms with Crippen LogP contribution >= 0.6 is 15.9 Å². The zero-order valence-electron chi connectivity index (χ0n) is 10.7. The molecule has 102 valence electrons. The summed E-state index contributed by atoms with van der Waals surface area (Å²) in [5.41, 5.74) is 3.65. The smallest absolute Gasteiger partial charge is 0.272 e. The van der Waals surface area contributed by atoms with Gasteiger partial charge in [-0.2, -0.15) is 5.10 Å². The van der Waals surface area contributed by atoms with Crippen molar-refractivity contribution < 1.29 is 9.53 Å². The Labute approximate surface area is 124 Å². The van der Waals surface area contributed by atoms with Crippen LogP contribution in [0.1, 0.15) is 15.9 Å². The number of hydrogen-bond donors (Lipinski definition) is 1. The van der Waals surface area contributed by atoms with Gasteiger partial charge in [0.2, 0.25) is 0 Å². The fourth-order valence-electron chi connectivity index (χ4n) is 1.53. The van der Waals surface area contributed by atoms with E-state index >= 15 is 0 Å². The summed E-state index contributed by atoms with van der Waals surface area (Å²) in [6.07, 6.45) is 4.61. The molecule has 2 aromatic rings. The van der Waals surface area contributed by atoms with Crippen LogP contribution in [0, 0.1) is 0 Å². The average Bonchev–Trinajstić information content (AvgIpc) is 2.47. The highest BCUT2D eigenvalue weighted by atomic mass is 79.9. The minimum Gasteiger partial charge on any atom is -0.496 e. The second kappa shape index (κ2) is 6.81. The summed E-state index contributed by atoms with van der Waals surface area (Å²) in [5.74, 6) is 0.361. The first-order valence-corrected chi connectivity index (χ1v) is 6.57. The number of pyridine rings is 1. The molecular weight excluding hydrogens is 322 g/mol. The lowest BCUT2D eigenvalue weighted by atomic mass is 10.2. The molecule has 0 aliphatic heterocycles. The van der Waals surface area contributed by atoms with Crippen LogP contribution in [0.2, 0.25) is 0 Å². The first-order chi connectivity index (χ1) is 9.70. The zero-order valence-corrected chi connectivity index (χ0v) is 12.3. The van der Waals surface area contributed by atoms with E-state index in [0.717, 1.165) is 10.0 Å². The Morgan fingerprint density at radius 1 is 1.40 bits per heavy atom. The molecule has 5 nitrogen and oxygen atoms in total. The summed E-state index contributed by atoms with van der Waals surface area (Å²) < 4.78 is 5.92. The van der Waals surface area contributed by atoms with E-state index in [1.165, 1.54) is 12.4 Å². The Kier molecular flexibility index (Phi) is 4.84. The van der Waals surface area contributed by atoms with Crippen LogP contribution in [0.4, 0.5) is 0 Å². The summed E-state index contributed by atoms with van der Waals surface area (Å²) in [5, 5.41) is 3.91. The Morgan fingerprint density at radius 3 is 2.95 bits per heavy atom. The third kappa shape index (κ3) is 3.64. The predicted molar refractivity (Wildman–Crippen MR) is 80.0 cm³/mol. The van der Waals surface area contributed by atoms with E-state index in [2.05, 4.69) is 31.4 Å². The molecule has 0 saturated heterocycles. The van der Waals surface area contributed by atoms with Crippen molar-refractivity contribution in [3.8, 4) is 5.75 Å². The second-order valence-corrected chi connectivity index (χ2v) is 4.75. The normalized spacial score (nSPS) is 10.5. The number of para-hydroxylation sites is 1. The highest BCUT2D eigenvalue weighted by Gasteiger charge is 2.05. The molecule has 1 N–H and O–H groups in total. The van der Waals surface area contributed by atoms with E-state index in [1.54, 1.807) is 19.4 Å². The predicted octanol–water partition coefficient (Wildman–Crippen LogP) is 2.62. The fourth-order valence-corrected chi connectivity index (χ4v) is 1.90. The number of carbonyl (C=O) groups is 1. The molecular formula is C14H12BrN3O2. The van der Waals surface area contributed by atoms with Crippen molar-refractivity contribution in [3.05, 3.63) is 58.3 Å². The van der Waals surface area contributed by atoms with Crippen molar-refractivity contribution in [2.24, 2.45) is 5.10 Å². The van der Waals surface area contributed by atoms with Gasteiger partial charge >= 0.3 is 0 Å². The van der Waals surface area contributed by atoms with E-state index in [4.69, 9.17) is 4.74 Å². The zero-order chi connectivity index (χ0) is 14.4. The third-order valence-electron chi connectivity index (χ3n) is 2.48. The molecule has 0 unspecified atom stereocenters. The number of ether oxygens (including phenoxy) is 1. The number of hydrogen-bond acceptors (Lipinski definition) is 4. The van der Waals surface area contributed by atoms with Crippen LogP contribution < -0.4 is 10.2 Å². The fraction of sp³-hybridized carbons (Fsp3) is 0.0714. The van der Waals surface area contributed by atoms with Gasteiger partial charge < -0.3 is 4.74 Å². The molecule has 1 aromatic heterocycles. The molecule has 0 fully saturated rings. The molecule has 0 aliphatic rings. The lowest BCUT2D eigenvalue weighted by Crippen LogP contribution is -2.17. The van der Waals surface area contributed by atoms with Crippen LogP contribution in [0.25, 0.3) is 0 Å². The number of nitrogens with zero attached hydrogens (tertiary/aromatic N) is 2. The summed E-state index contributed by atoms with van der Waals surface area (Å²) in [7, 11) is 1.58. The number of hydrazone groups is 1. The minimum atomic E-state index is -0.329. The Balaban J connectivity index is 2.05. The number of carbonyl (C=O) groups excluding carboxylic acids is 1. The molecule has 1 heterocycles. The van der Waals surface area contributed by atoms with Gasteiger partial charge in [0.1, 0.15) is 5.75 Å². The van der Waals surface area contributed by atoms with Gasteiger partial charge in [0, 0.05) is 22.4 Å². The second-order valence-electron chi connectivity index (χ2n) is 3.83. The van der Waals surface area contributed by atoms with Gasteiger partial charge in [0.15, 0.2) is 0 Å². The monoisotopic (exact) mass is 333 g/mol. The molecule has 1 aromatic carbocycles. The summed E-state index contributed by atoms with van der Waals surface area (Å²) in [6.45, 7) is 0. The topological polar surface area (TPSA) is 63.6 Å². The Bertz CT molecular complexity index is 644. The van der Waals surface area contributed by atoms with Crippen molar-refractivity contribution in [2.75, 3.05) is 7.11 Å². The SMILES string of the molecule is COc1ccccc1C=NNC(=O)c1cncc(Br)c1. The average molecular weight is 334 g/mol. The van der Waals surface area contributed by atoms with E-state index in [1.807, 2.05) is 24.3 Å². The van der Waals surface area contributed by atoms with Crippen LogP contribution in [-0.4, -0.2) is 24.2 Å². The molecule has 1 amide bonds. The quantitative estimate of drug-likeness (QED) is 0.691. The number of methoxy groups -OCH3 is 1. The number of halogens is 1. The summed E-state index contributed by atoms with van der Waals surface area (Å²) in [4.78, 5) is 15.7. The highest BCUT2D eigenvalue weighted by Crippen LogP contribution is 2.14. The van der Waals surface area contributed by atoms with Crippen molar-refractivity contribution in [3.63, 3.8) is 0 Å². The summed E-state index contributed by atoms with van der Waals surface area (Å²) in [6, 6.07) is 9.06. The lowest BCUT2D eigenvalue weighted by molar-refractivity contribution is 0.0954. The molecule has 0 bridgehead atoms. The summed E-state index contributed by atoms with van der Waals surface area (Å²) >= 11 is 3.26. The van der Waals surface area contributed by atoms with Crippen molar-refractivity contribution in [1.29, 1.82) is 0 Å². The lowest BCUT2D eigenvalue weighted by Gasteiger charge is -2.03. The van der Waals surface area contributed by atoms with E-state index in [-0.39, 0.29) is 5.91 Å². The van der Waals surface area contributed by atoms with Crippen molar-refractivity contribution in [2.45, 2.75) is 0 Å². The van der Waals surface area contributed by atoms with Crippen molar-refractivity contribution >= 4 is 28.1 Å². The first kappa shape index (κ1) is 14.2. The van der Waals surface area contributed by atoms with Crippen molar-refractivity contribution in [1.82, 2.24) is 10.4 Å². The molecule has 0 aliphatic carbocycles. The van der Waals surface area contributed by atoms with Gasteiger partial charge in [0.05, 0.1) is 18.9 Å². The van der Waals surface area contributed by atoms with Gasteiger partial charge in [0.25, 0.3) is 5.91 Å². The number of nitrogens with one attached hydrogen (secondary N) is 1. The first-order valence-electron chi connectivity index (χ1n) is 5.77. The van der Waals surface area contributed by atoms with Crippen LogP contribution in [0.15, 0.2) is 52.3 Å². The Morgan fingerprint density at radius 2 is 2.20 bits per heavy atom. The standard InChI is InChI=1S/C14H12BrN3O2/c1-20-13-5-3-2-4-10(13)8-17-18-14(19)11-6-12(15)9-16-7-11/h2-9H,1H3,(H,18,19). The van der Waals surface area contributed by atoms with Gasteiger partial charge in [-0.3, -0.25) is 9.78 Å². The van der Waals surface area contributed by atoms with Crippen LogP contribution in [-0.2, 0) is 0 Å². The number of benzene rings is 1. The maximum absolute atomic E-state index is 11.8. The van der Waals surface area contributed by atoms with Gasteiger partial charge in [-0.15, -0.1) is 0 Å². The maximum atomic E-state index is 11.8. The number of aromatic nitrogens is 1. The highest BCUT2D eigenvalue weighted by molar-refractivity contribution is 9.10. The van der Waals surface area contributed by atoms with Gasteiger partial charge in [-0.1, -0.05) is 12.1 Å². The molecule has 6 heteroatoms. The molecule has 2 rings (SSSR count). The van der Waals surface area contributed by atoms with Gasteiger partial charge in [-0.05, 0) is 34.1 Å². The van der Waals surface area contributed by atoms with Crippen LogP contribution in [0.3, 0.4) is 0 Å². The maximum Gasteiger partial charge on any atom is 0.272 e. The molecule has 0 atom stereocenters. The van der Waals surface area contributed by atoms with E-state index < -0.39 is 0 Å². The minimum absolute atomic E-state index is 0.329. The third-order valence-corrected chi connectivity index (χ3v) is 2.91. The molecule has 20 heavy (non-hydrogen) atoms. The van der Waals surface area contributed by atoms with Gasteiger partial charge in [-0.25, -0.2) is 5.43 Å².